The molecular weight excluding hydrogens is 709 g/mol. The van der Waals surface area contributed by atoms with E-state index in [1.165, 1.54) is 22.4 Å². The molecule has 3 atom stereocenters. The van der Waals surface area contributed by atoms with Gasteiger partial charge in [0.2, 0.25) is 0 Å². The van der Waals surface area contributed by atoms with Crippen LogP contribution in [-0.2, 0) is 33.8 Å². The van der Waals surface area contributed by atoms with Gasteiger partial charge in [0.1, 0.15) is 29.7 Å². The minimum atomic E-state index is 0. The Kier molecular flexibility index (Phi) is 24.9. The Bertz CT molecular complexity index is 1520. The molecule has 0 aromatic carbocycles. The standard InChI is InChI=1S/2C14H22N2O.C13H20N2O.3C2H6.CH4/c1-8(2)11-6-17-7-12-10(5)15-14(9(3)4)16-13(11)12;1-8(2)13-12-11(6-7-17-13)10(5)15-14(16-12)9(3)4;1-7(2)12-11-10(6-16-12)9(5)14-13(15-11)8(3)4;3*1-2;/h8-9,11H,6-7H2,1-5H3;8-9,13H,6-7H2,1-5H3;7-8,12H,6H2,1-5H3;3*1-2H3;1H4. The summed E-state index contributed by atoms with van der Waals surface area (Å²) in [4.78, 5) is 28.0. The van der Waals surface area contributed by atoms with Gasteiger partial charge in [-0.1, -0.05) is 132 Å². The van der Waals surface area contributed by atoms with Gasteiger partial charge in [0.25, 0.3) is 0 Å². The smallest absolute Gasteiger partial charge is 0.131 e. The molecule has 0 N–H and O–H groups in total. The molecule has 9 nitrogen and oxygen atoms in total. The second kappa shape index (κ2) is 26.3. The average molecular weight is 795 g/mol. The van der Waals surface area contributed by atoms with Crippen LogP contribution in [0.25, 0.3) is 0 Å². The molecule has 3 aliphatic heterocycles. The third kappa shape index (κ3) is 14.4. The van der Waals surface area contributed by atoms with Crippen molar-refractivity contribution in [1.29, 1.82) is 0 Å². The largest absolute Gasteiger partial charge is 0.376 e. The van der Waals surface area contributed by atoms with E-state index in [1.807, 2.05) is 41.5 Å². The van der Waals surface area contributed by atoms with Gasteiger partial charge in [-0.15, -0.1) is 0 Å². The fourth-order valence-corrected chi connectivity index (χ4v) is 6.65. The molecule has 9 heteroatoms. The van der Waals surface area contributed by atoms with Gasteiger partial charge < -0.3 is 14.2 Å². The number of fused-ring (bicyclic) bond motifs is 3. The highest BCUT2D eigenvalue weighted by atomic mass is 16.5. The van der Waals surface area contributed by atoms with Crippen molar-refractivity contribution < 1.29 is 14.2 Å². The Hall–Kier alpha value is -2.88. The minimum absolute atomic E-state index is 0. The zero-order valence-electron chi connectivity index (χ0n) is 39.6. The Morgan fingerprint density at radius 3 is 1.23 bits per heavy atom. The number of hydrogen-bond donors (Lipinski definition) is 0. The topological polar surface area (TPSA) is 105 Å². The first-order valence-electron chi connectivity index (χ1n) is 21.9. The van der Waals surface area contributed by atoms with E-state index in [4.69, 9.17) is 24.2 Å². The lowest BCUT2D eigenvalue weighted by molar-refractivity contribution is 0.00736. The summed E-state index contributed by atoms with van der Waals surface area (Å²) in [5.41, 5.74) is 10.5. The van der Waals surface area contributed by atoms with Crippen LogP contribution >= 0.6 is 0 Å². The van der Waals surface area contributed by atoms with Gasteiger partial charge in [0.05, 0.1) is 43.5 Å². The van der Waals surface area contributed by atoms with Crippen LogP contribution in [0.3, 0.4) is 0 Å². The zero-order chi connectivity index (χ0) is 43.0. The van der Waals surface area contributed by atoms with Crippen LogP contribution in [-0.4, -0.2) is 43.1 Å². The van der Waals surface area contributed by atoms with Gasteiger partial charge in [0.15, 0.2) is 0 Å². The highest BCUT2D eigenvalue weighted by molar-refractivity contribution is 5.32. The second-order valence-corrected chi connectivity index (χ2v) is 16.2. The van der Waals surface area contributed by atoms with Gasteiger partial charge in [-0.3, -0.25) is 0 Å². The van der Waals surface area contributed by atoms with Crippen molar-refractivity contribution in [2.75, 3.05) is 13.2 Å². The van der Waals surface area contributed by atoms with Crippen LogP contribution in [0.15, 0.2) is 0 Å². The maximum Gasteiger partial charge on any atom is 0.131 e. The van der Waals surface area contributed by atoms with Gasteiger partial charge in [-0.05, 0) is 50.5 Å². The van der Waals surface area contributed by atoms with E-state index in [-0.39, 0.29) is 19.6 Å². The molecule has 0 amide bonds. The molecule has 0 bridgehead atoms. The lowest BCUT2D eigenvalue weighted by Crippen LogP contribution is -2.25. The van der Waals surface area contributed by atoms with Crippen molar-refractivity contribution in [2.45, 2.75) is 208 Å². The van der Waals surface area contributed by atoms with E-state index in [9.17, 15) is 0 Å². The van der Waals surface area contributed by atoms with Gasteiger partial charge in [-0.25, -0.2) is 29.9 Å². The number of ether oxygens (including phenoxy) is 3. The van der Waals surface area contributed by atoms with E-state index in [2.05, 4.69) is 124 Å². The van der Waals surface area contributed by atoms with E-state index in [0.29, 0.717) is 54.6 Å². The fourth-order valence-electron chi connectivity index (χ4n) is 6.65. The molecular formula is C48H86N6O3. The Morgan fingerprint density at radius 1 is 0.456 bits per heavy atom. The maximum absolute atomic E-state index is 5.87. The summed E-state index contributed by atoms with van der Waals surface area (Å²) in [6.07, 6.45) is 1.23. The Balaban J connectivity index is 0.000000767. The summed E-state index contributed by atoms with van der Waals surface area (Å²) < 4.78 is 17.3. The average Bonchev–Trinajstić information content (AvgIpc) is 3.62. The SMILES string of the molecule is C.CC.CC.CC.Cc1nc(C(C)C)nc2c1CCOC2C(C)C.Cc1nc(C(C)C)nc2c1COC2C(C)C.Cc1nc(C(C)C)nc2c1COCC2C(C)C. The third-order valence-corrected chi connectivity index (χ3v) is 9.85. The molecule has 6 rings (SSSR count). The highest BCUT2D eigenvalue weighted by Gasteiger charge is 2.31. The molecule has 57 heavy (non-hydrogen) atoms. The summed E-state index contributed by atoms with van der Waals surface area (Å²) in [6.45, 7) is 47.1. The quantitative estimate of drug-likeness (QED) is 0.241. The summed E-state index contributed by atoms with van der Waals surface area (Å²) in [7, 11) is 0. The molecule has 0 spiro atoms. The second-order valence-electron chi connectivity index (χ2n) is 16.2. The third-order valence-electron chi connectivity index (χ3n) is 9.85. The van der Waals surface area contributed by atoms with E-state index >= 15 is 0 Å². The maximum atomic E-state index is 5.87. The van der Waals surface area contributed by atoms with Gasteiger partial charge >= 0.3 is 0 Å². The Labute approximate surface area is 350 Å². The van der Waals surface area contributed by atoms with Crippen molar-refractivity contribution in [3.8, 4) is 0 Å². The van der Waals surface area contributed by atoms with Crippen molar-refractivity contribution in [3.63, 3.8) is 0 Å². The lowest BCUT2D eigenvalue weighted by Gasteiger charge is -2.29. The first kappa shape index (κ1) is 54.1. The van der Waals surface area contributed by atoms with Crippen molar-refractivity contribution >= 4 is 0 Å². The summed E-state index contributed by atoms with van der Waals surface area (Å²) in [5.74, 6) is 5.87. The van der Waals surface area contributed by atoms with Crippen LogP contribution in [0.4, 0.5) is 0 Å². The molecule has 326 valence electrons. The molecule has 3 aromatic heterocycles. The van der Waals surface area contributed by atoms with E-state index in [0.717, 1.165) is 65.6 Å². The minimum Gasteiger partial charge on any atom is -0.376 e. The highest BCUT2D eigenvalue weighted by Crippen LogP contribution is 2.37. The van der Waals surface area contributed by atoms with Crippen LogP contribution in [0, 0.1) is 38.5 Å². The van der Waals surface area contributed by atoms with E-state index in [1.54, 1.807) is 0 Å². The number of hydrogen-bond acceptors (Lipinski definition) is 9. The Morgan fingerprint density at radius 2 is 0.825 bits per heavy atom. The molecule has 0 saturated heterocycles. The van der Waals surface area contributed by atoms with Gasteiger partial charge in [-0.2, -0.15) is 0 Å². The molecule has 0 aliphatic carbocycles. The van der Waals surface area contributed by atoms with Crippen LogP contribution in [0.1, 0.15) is 236 Å². The summed E-state index contributed by atoms with van der Waals surface area (Å²) >= 11 is 0. The predicted octanol–water partition coefficient (Wildman–Crippen LogP) is 13.2. The van der Waals surface area contributed by atoms with E-state index < -0.39 is 0 Å². The predicted molar refractivity (Wildman–Crippen MR) is 240 cm³/mol. The number of aromatic nitrogens is 6. The molecule has 3 unspecified atom stereocenters. The monoisotopic (exact) mass is 795 g/mol. The van der Waals surface area contributed by atoms with Gasteiger partial charge in [0, 0.05) is 51.9 Å². The molecule has 3 aromatic rings. The van der Waals surface area contributed by atoms with Crippen LogP contribution in [0.5, 0.6) is 0 Å². The van der Waals surface area contributed by atoms with Crippen molar-refractivity contribution in [2.24, 2.45) is 17.8 Å². The molecule has 0 radical (unpaired) electrons. The van der Waals surface area contributed by atoms with Crippen LogP contribution < -0.4 is 0 Å². The normalized spacial score (nSPS) is 17.6. The molecule has 0 saturated carbocycles. The number of aryl methyl sites for hydroxylation is 3. The first-order chi connectivity index (χ1) is 26.5. The first-order valence-corrected chi connectivity index (χ1v) is 21.9. The lowest BCUT2D eigenvalue weighted by atomic mass is 9.88. The zero-order valence-corrected chi connectivity index (χ0v) is 39.6. The fraction of sp³-hybridized carbons (Fsp3) is 0.750. The molecule has 0 fully saturated rings. The summed E-state index contributed by atoms with van der Waals surface area (Å²) in [5, 5.41) is 0. The number of rotatable bonds is 6. The van der Waals surface area contributed by atoms with Crippen molar-refractivity contribution in [3.05, 3.63) is 68.3 Å². The van der Waals surface area contributed by atoms with Crippen LogP contribution in [0.2, 0.25) is 0 Å². The molecule has 6 heterocycles. The van der Waals surface area contributed by atoms with Crippen molar-refractivity contribution in [1.82, 2.24) is 29.9 Å². The molecule has 3 aliphatic rings. The number of nitrogens with zero attached hydrogens (tertiary/aromatic N) is 6. The summed E-state index contributed by atoms with van der Waals surface area (Å²) in [6, 6.07) is 0.